The van der Waals surface area contributed by atoms with Crippen LogP contribution in [0, 0.1) is 0 Å². The Morgan fingerprint density at radius 2 is 2.20 bits per heavy atom. The second-order valence-electron chi connectivity index (χ2n) is 7.14. The van der Waals surface area contributed by atoms with E-state index in [0.29, 0.717) is 11.8 Å². The SMILES string of the molecule is CC(C)(C)NCC1CCCc2sc(C3CCOC3)nc21. The van der Waals surface area contributed by atoms with E-state index < -0.39 is 0 Å². The van der Waals surface area contributed by atoms with E-state index in [0.717, 1.165) is 26.2 Å². The van der Waals surface area contributed by atoms with Crippen molar-refractivity contribution >= 4 is 11.3 Å². The van der Waals surface area contributed by atoms with Gasteiger partial charge in [-0.1, -0.05) is 0 Å². The Morgan fingerprint density at radius 3 is 2.90 bits per heavy atom. The molecule has 1 fully saturated rings. The number of hydrogen-bond acceptors (Lipinski definition) is 4. The zero-order valence-electron chi connectivity index (χ0n) is 12.9. The van der Waals surface area contributed by atoms with Crippen molar-refractivity contribution in [3.63, 3.8) is 0 Å². The maximum atomic E-state index is 5.52. The zero-order chi connectivity index (χ0) is 14.2. The second kappa shape index (κ2) is 5.74. The monoisotopic (exact) mass is 294 g/mol. The fourth-order valence-electron chi connectivity index (χ4n) is 3.06. The van der Waals surface area contributed by atoms with Crippen molar-refractivity contribution in [2.45, 2.75) is 63.8 Å². The molecule has 1 N–H and O–H groups in total. The highest BCUT2D eigenvalue weighted by Crippen LogP contribution is 2.38. The van der Waals surface area contributed by atoms with Gasteiger partial charge in [0.15, 0.2) is 0 Å². The van der Waals surface area contributed by atoms with Crippen LogP contribution in [0.25, 0.3) is 0 Å². The third-order valence-corrected chi connectivity index (χ3v) is 5.54. The van der Waals surface area contributed by atoms with Crippen molar-refractivity contribution in [2.24, 2.45) is 0 Å². The molecule has 4 heteroatoms. The Balaban J connectivity index is 1.74. The quantitative estimate of drug-likeness (QED) is 0.927. The first-order valence-electron chi connectivity index (χ1n) is 7.85. The summed E-state index contributed by atoms with van der Waals surface area (Å²) in [5.74, 6) is 1.16. The smallest absolute Gasteiger partial charge is 0.0986 e. The van der Waals surface area contributed by atoms with Crippen molar-refractivity contribution in [1.82, 2.24) is 10.3 Å². The topological polar surface area (TPSA) is 34.1 Å². The second-order valence-corrected chi connectivity index (χ2v) is 8.26. The van der Waals surface area contributed by atoms with E-state index in [2.05, 4.69) is 26.1 Å². The van der Waals surface area contributed by atoms with Crippen LogP contribution >= 0.6 is 11.3 Å². The maximum absolute atomic E-state index is 5.52. The molecule has 1 aromatic rings. The molecule has 3 rings (SSSR count). The Bertz CT molecular complexity index is 458. The summed E-state index contributed by atoms with van der Waals surface area (Å²) in [5.41, 5.74) is 1.58. The van der Waals surface area contributed by atoms with E-state index in [1.807, 2.05) is 11.3 Å². The summed E-state index contributed by atoms with van der Waals surface area (Å²) in [6.07, 6.45) is 4.97. The van der Waals surface area contributed by atoms with Crippen molar-refractivity contribution in [1.29, 1.82) is 0 Å². The van der Waals surface area contributed by atoms with Gasteiger partial charge < -0.3 is 10.1 Å². The van der Waals surface area contributed by atoms with Crippen LogP contribution in [-0.2, 0) is 11.2 Å². The Kier molecular flexibility index (Phi) is 4.16. The van der Waals surface area contributed by atoms with Crippen LogP contribution < -0.4 is 5.32 Å². The van der Waals surface area contributed by atoms with Gasteiger partial charge in [-0.25, -0.2) is 4.98 Å². The molecule has 2 heterocycles. The lowest BCUT2D eigenvalue weighted by Gasteiger charge is -2.27. The average Bonchev–Trinajstić information content (AvgIpc) is 3.03. The molecule has 0 radical (unpaired) electrons. The lowest BCUT2D eigenvalue weighted by atomic mass is 9.90. The van der Waals surface area contributed by atoms with Gasteiger partial charge in [-0.2, -0.15) is 0 Å². The van der Waals surface area contributed by atoms with Gasteiger partial charge in [-0.05, 0) is 46.5 Å². The number of nitrogens with zero attached hydrogens (tertiary/aromatic N) is 1. The summed E-state index contributed by atoms with van der Waals surface area (Å²) in [7, 11) is 0. The van der Waals surface area contributed by atoms with E-state index in [-0.39, 0.29) is 5.54 Å². The molecule has 2 unspecified atom stereocenters. The molecule has 2 atom stereocenters. The van der Waals surface area contributed by atoms with Crippen LogP contribution in [0.2, 0.25) is 0 Å². The first-order valence-corrected chi connectivity index (χ1v) is 8.67. The highest BCUT2D eigenvalue weighted by Gasteiger charge is 2.29. The zero-order valence-corrected chi connectivity index (χ0v) is 13.7. The highest BCUT2D eigenvalue weighted by molar-refractivity contribution is 7.11. The molecule has 20 heavy (non-hydrogen) atoms. The van der Waals surface area contributed by atoms with Gasteiger partial charge in [0.2, 0.25) is 0 Å². The minimum Gasteiger partial charge on any atom is -0.381 e. The minimum absolute atomic E-state index is 0.190. The highest BCUT2D eigenvalue weighted by atomic mass is 32.1. The van der Waals surface area contributed by atoms with E-state index in [1.165, 1.54) is 30.0 Å². The van der Waals surface area contributed by atoms with Crippen molar-refractivity contribution in [2.75, 3.05) is 19.8 Å². The number of aromatic nitrogens is 1. The number of fused-ring (bicyclic) bond motifs is 1. The van der Waals surface area contributed by atoms with Crippen molar-refractivity contribution in [3.8, 4) is 0 Å². The lowest BCUT2D eigenvalue weighted by molar-refractivity contribution is 0.194. The van der Waals surface area contributed by atoms with Crippen LogP contribution in [0.15, 0.2) is 0 Å². The van der Waals surface area contributed by atoms with Gasteiger partial charge in [0.05, 0.1) is 17.3 Å². The van der Waals surface area contributed by atoms with Crippen molar-refractivity contribution < 1.29 is 4.74 Å². The largest absolute Gasteiger partial charge is 0.381 e. The van der Waals surface area contributed by atoms with Gasteiger partial charge in [0.25, 0.3) is 0 Å². The predicted molar refractivity (Wildman–Crippen MR) is 83.7 cm³/mol. The maximum Gasteiger partial charge on any atom is 0.0986 e. The van der Waals surface area contributed by atoms with Crippen LogP contribution in [-0.4, -0.2) is 30.3 Å². The molecule has 0 amide bonds. The molecule has 1 saturated heterocycles. The Hall–Kier alpha value is -0.450. The molecule has 3 nitrogen and oxygen atoms in total. The van der Waals surface area contributed by atoms with E-state index in [9.17, 15) is 0 Å². The Morgan fingerprint density at radius 1 is 1.35 bits per heavy atom. The average molecular weight is 294 g/mol. The first-order chi connectivity index (χ1) is 9.53. The summed E-state index contributed by atoms with van der Waals surface area (Å²) in [4.78, 5) is 6.55. The molecule has 2 aliphatic rings. The molecule has 0 spiro atoms. The van der Waals surface area contributed by atoms with Crippen LogP contribution in [0.5, 0.6) is 0 Å². The third-order valence-electron chi connectivity index (χ3n) is 4.24. The van der Waals surface area contributed by atoms with Crippen LogP contribution in [0.1, 0.15) is 67.4 Å². The molecule has 1 aromatic heterocycles. The third kappa shape index (κ3) is 3.23. The molecule has 0 bridgehead atoms. The molecule has 1 aliphatic heterocycles. The fraction of sp³-hybridized carbons (Fsp3) is 0.812. The molecule has 112 valence electrons. The molecule has 0 saturated carbocycles. The summed E-state index contributed by atoms with van der Waals surface area (Å²) >= 11 is 1.95. The van der Waals surface area contributed by atoms with Gasteiger partial charge >= 0.3 is 0 Å². The normalized spacial score (nSPS) is 26.8. The standard InChI is InChI=1S/C16H26N2OS/c1-16(2,3)17-9-11-5-4-6-13-14(11)18-15(20-13)12-7-8-19-10-12/h11-12,17H,4-10H2,1-3H3. The minimum atomic E-state index is 0.190. The number of nitrogens with one attached hydrogen (secondary N) is 1. The summed E-state index contributed by atoms with van der Waals surface area (Å²) < 4.78 is 5.52. The van der Waals surface area contributed by atoms with Crippen LogP contribution in [0.3, 0.4) is 0 Å². The summed E-state index contributed by atoms with van der Waals surface area (Å²) in [6, 6.07) is 0. The van der Waals surface area contributed by atoms with Crippen LogP contribution in [0.4, 0.5) is 0 Å². The van der Waals surface area contributed by atoms with Gasteiger partial charge in [-0.3, -0.25) is 0 Å². The fourth-order valence-corrected chi connectivity index (χ4v) is 4.37. The van der Waals surface area contributed by atoms with Gasteiger partial charge in [-0.15, -0.1) is 11.3 Å². The summed E-state index contributed by atoms with van der Waals surface area (Å²) in [6.45, 7) is 9.54. The molecule has 0 aromatic carbocycles. The number of thiazole rings is 1. The lowest BCUT2D eigenvalue weighted by Crippen LogP contribution is -2.39. The van der Waals surface area contributed by atoms with Crippen molar-refractivity contribution in [3.05, 3.63) is 15.6 Å². The molecular formula is C16H26N2OS. The Labute approximate surface area is 126 Å². The van der Waals surface area contributed by atoms with E-state index >= 15 is 0 Å². The van der Waals surface area contributed by atoms with E-state index in [4.69, 9.17) is 9.72 Å². The summed E-state index contributed by atoms with van der Waals surface area (Å²) in [5, 5.41) is 4.98. The number of aryl methyl sites for hydroxylation is 1. The molecular weight excluding hydrogens is 268 g/mol. The molecule has 1 aliphatic carbocycles. The predicted octanol–water partition coefficient (Wildman–Crippen LogP) is 3.46. The number of rotatable bonds is 3. The van der Waals surface area contributed by atoms with E-state index in [1.54, 1.807) is 4.88 Å². The number of ether oxygens (including phenoxy) is 1. The van der Waals surface area contributed by atoms with Gasteiger partial charge in [0, 0.05) is 35.4 Å². The first kappa shape index (κ1) is 14.5. The number of hydrogen-bond donors (Lipinski definition) is 1. The van der Waals surface area contributed by atoms with Gasteiger partial charge in [0.1, 0.15) is 0 Å².